The third kappa shape index (κ3) is 3.32. The molecule has 1 heterocycles. The Balaban J connectivity index is 2.28. The molecule has 1 aromatic carbocycles. The van der Waals surface area contributed by atoms with Gasteiger partial charge >= 0.3 is 5.97 Å². The molecule has 2 rings (SSSR count). The van der Waals surface area contributed by atoms with Crippen LogP contribution in [0.1, 0.15) is 41.0 Å². The third-order valence-corrected chi connectivity index (χ3v) is 4.18. The van der Waals surface area contributed by atoms with Gasteiger partial charge in [0.2, 0.25) is 0 Å². The smallest absolute Gasteiger partial charge is 0.318 e. The lowest BCUT2D eigenvalue weighted by Crippen LogP contribution is -2.47. The molecule has 0 bridgehead atoms. The van der Waals surface area contributed by atoms with E-state index in [0.717, 1.165) is 5.56 Å². The van der Waals surface area contributed by atoms with Crippen LogP contribution in [0.15, 0.2) is 34.7 Å². The van der Waals surface area contributed by atoms with Crippen LogP contribution in [-0.2, 0) is 14.9 Å². The van der Waals surface area contributed by atoms with Gasteiger partial charge in [-0.3, -0.25) is 9.59 Å². The number of benzene rings is 1. The van der Waals surface area contributed by atoms with Crippen molar-refractivity contribution in [1.29, 1.82) is 0 Å². The summed E-state index contributed by atoms with van der Waals surface area (Å²) in [6.07, 6.45) is 0.487. The first-order chi connectivity index (χ1) is 11.4. The molecular formula is C18H22N2O4. The molecule has 0 saturated heterocycles. The lowest BCUT2D eigenvalue weighted by Gasteiger charge is -2.30. The molecule has 0 aliphatic heterocycles. The number of nitrogens with one attached hydrogen (secondary N) is 1. The summed E-state index contributed by atoms with van der Waals surface area (Å²) < 4.78 is 10.3. The summed E-state index contributed by atoms with van der Waals surface area (Å²) in [7, 11) is 1.35. The molecule has 0 spiro atoms. The highest BCUT2D eigenvalue weighted by molar-refractivity contribution is 5.94. The number of aryl methyl sites for hydroxylation is 2. The van der Waals surface area contributed by atoms with Gasteiger partial charge in [-0.2, -0.15) is 0 Å². The first kappa shape index (κ1) is 17.7. The van der Waals surface area contributed by atoms with Crippen molar-refractivity contribution in [3.63, 3.8) is 0 Å². The number of carbonyl (C=O) groups excluding carboxylic acids is 2. The lowest BCUT2D eigenvalue weighted by molar-refractivity contribution is -0.147. The minimum atomic E-state index is -0.946. The van der Waals surface area contributed by atoms with Crippen molar-refractivity contribution in [2.24, 2.45) is 0 Å². The largest absolute Gasteiger partial charge is 0.468 e. The second-order valence-electron chi connectivity index (χ2n) is 5.61. The summed E-state index contributed by atoms with van der Waals surface area (Å²) in [5.41, 5.74) is 0.0846. The zero-order valence-electron chi connectivity index (χ0n) is 14.4. The Bertz CT molecular complexity index is 724. The molecule has 2 aromatic rings. The number of carbonyl (C=O) groups is 2. The van der Waals surface area contributed by atoms with Crippen molar-refractivity contribution in [1.82, 2.24) is 10.3 Å². The fourth-order valence-corrected chi connectivity index (χ4v) is 2.77. The molecule has 0 fully saturated rings. The normalized spacial score (nSPS) is 13.2. The van der Waals surface area contributed by atoms with Gasteiger partial charge in [0.1, 0.15) is 11.2 Å². The van der Waals surface area contributed by atoms with Crippen LogP contribution >= 0.6 is 0 Å². The van der Waals surface area contributed by atoms with Crippen LogP contribution in [0, 0.1) is 13.8 Å². The van der Waals surface area contributed by atoms with Crippen LogP contribution in [0.25, 0.3) is 0 Å². The number of rotatable bonds is 6. The number of aromatic nitrogens is 1. The monoisotopic (exact) mass is 330 g/mol. The number of methoxy groups -OCH3 is 1. The second kappa shape index (κ2) is 7.29. The fourth-order valence-electron chi connectivity index (χ4n) is 2.77. The van der Waals surface area contributed by atoms with Crippen molar-refractivity contribution in [3.05, 3.63) is 53.2 Å². The lowest BCUT2D eigenvalue weighted by atomic mass is 9.78. The van der Waals surface area contributed by atoms with Gasteiger partial charge in [0.25, 0.3) is 5.91 Å². The third-order valence-electron chi connectivity index (χ3n) is 4.18. The summed E-state index contributed by atoms with van der Waals surface area (Å²) in [6, 6.07) is 9.31. The van der Waals surface area contributed by atoms with Crippen molar-refractivity contribution in [2.75, 3.05) is 13.7 Å². The minimum absolute atomic E-state index is 0.115. The minimum Gasteiger partial charge on any atom is -0.468 e. The van der Waals surface area contributed by atoms with E-state index in [9.17, 15) is 9.59 Å². The molecule has 0 aliphatic rings. The summed E-state index contributed by atoms with van der Waals surface area (Å²) in [4.78, 5) is 29.0. The van der Waals surface area contributed by atoms with E-state index in [1.807, 2.05) is 37.3 Å². The Kier molecular flexibility index (Phi) is 5.39. The molecule has 128 valence electrons. The van der Waals surface area contributed by atoms with Gasteiger partial charge in [-0.15, -0.1) is 0 Å². The van der Waals surface area contributed by atoms with Crippen LogP contribution in [0.5, 0.6) is 0 Å². The van der Waals surface area contributed by atoms with Crippen LogP contribution < -0.4 is 5.32 Å². The van der Waals surface area contributed by atoms with Gasteiger partial charge in [-0.25, -0.2) is 4.98 Å². The zero-order valence-corrected chi connectivity index (χ0v) is 14.4. The average molecular weight is 330 g/mol. The number of ether oxygens (including phenoxy) is 1. The quantitative estimate of drug-likeness (QED) is 0.823. The predicted octanol–water partition coefficient (Wildman–Crippen LogP) is 2.54. The SMILES string of the molecule is CC[C@@](CNC(=O)c1nc(C)oc1C)(C(=O)OC)c1ccccc1. The van der Waals surface area contributed by atoms with E-state index in [-0.39, 0.29) is 24.1 Å². The fraction of sp³-hybridized carbons (Fsp3) is 0.389. The molecule has 24 heavy (non-hydrogen) atoms. The molecule has 1 amide bonds. The van der Waals surface area contributed by atoms with E-state index < -0.39 is 5.41 Å². The molecule has 0 saturated carbocycles. The Morgan fingerprint density at radius 2 is 1.92 bits per heavy atom. The number of oxazole rings is 1. The number of esters is 1. The number of amides is 1. The van der Waals surface area contributed by atoms with E-state index >= 15 is 0 Å². The molecule has 6 heteroatoms. The Morgan fingerprint density at radius 1 is 1.25 bits per heavy atom. The summed E-state index contributed by atoms with van der Waals surface area (Å²) >= 11 is 0. The average Bonchev–Trinajstić information content (AvgIpc) is 2.94. The maximum absolute atomic E-state index is 12.5. The van der Waals surface area contributed by atoms with Gasteiger partial charge in [0, 0.05) is 13.5 Å². The molecule has 6 nitrogen and oxygen atoms in total. The predicted molar refractivity (Wildman–Crippen MR) is 88.7 cm³/mol. The summed E-state index contributed by atoms with van der Waals surface area (Å²) in [6.45, 7) is 5.37. The van der Waals surface area contributed by atoms with Crippen LogP contribution in [0.3, 0.4) is 0 Å². The van der Waals surface area contributed by atoms with E-state index in [4.69, 9.17) is 9.15 Å². The van der Waals surface area contributed by atoms with E-state index in [0.29, 0.717) is 18.1 Å². The van der Waals surface area contributed by atoms with Crippen LogP contribution in [-0.4, -0.2) is 30.5 Å². The Morgan fingerprint density at radius 3 is 2.42 bits per heavy atom. The second-order valence-corrected chi connectivity index (χ2v) is 5.61. The van der Waals surface area contributed by atoms with Crippen molar-refractivity contribution < 1.29 is 18.7 Å². The summed E-state index contributed by atoms with van der Waals surface area (Å²) in [5, 5.41) is 2.80. The van der Waals surface area contributed by atoms with Crippen LogP contribution in [0.2, 0.25) is 0 Å². The van der Waals surface area contributed by atoms with Crippen LogP contribution in [0.4, 0.5) is 0 Å². The van der Waals surface area contributed by atoms with Crippen molar-refractivity contribution in [2.45, 2.75) is 32.6 Å². The molecule has 0 unspecified atom stereocenters. The molecule has 1 aromatic heterocycles. The number of hydrogen-bond acceptors (Lipinski definition) is 5. The van der Waals surface area contributed by atoms with Gasteiger partial charge < -0.3 is 14.5 Å². The highest BCUT2D eigenvalue weighted by Crippen LogP contribution is 2.29. The van der Waals surface area contributed by atoms with E-state index in [1.165, 1.54) is 7.11 Å². The standard InChI is InChI=1S/C18H22N2O4/c1-5-18(17(22)23-4,14-9-7-6-8-10-14)11-19-16(21)15-12(2)24-13(3)20-15/h6-10H,5,11H2,1-4H3,(H,19,21)/t18-/m0/s1. The van der Waals surface area contributed by atoms with E-state index in [2.05, 4.69) is 10.3 Å². The maximum atomic E-state index is 12.5. The van der Waals surface area contributed by atoms with Crippen molar-refractivity contribution >= 4 is 11.9 Å². The van der Waals surface area contributed by atoms with Gasteiger partial charge in [-0.05, 0) is 18.9 Å². The first-order valence-corrected chi connectivity index (χ1v) is 7.80. The highest BCUT2D eigenvalue weighted by atomic mass is 16.5. The molecular weight excluding hydrogens is 308 g/mol. The highest BCUT2D eigenvalue weighted by Gasteiger charge is 2.40. The Hall–Kier alpha value is -2.63. The Labute approximate surface area is 141 Å². The molecule has 1 atom stereocenters. The molecule has 0 aliphatic carbocycles. The molecule has 0 radical (unpaired) electrons. The number of nitrogens with zero attached hydrogens (tertiary/aromatic N) is 1. The first-order valence-electron chi connectivity index (χ1n) is 7.80. The summed E-state index contributed by atoms with van der Waals surface area (Å²) in [5.74, 6) is 0.117. The van der Waals surface area contributed by atoms with Gasteiger partial charge in [-0.1, -0.05) is 37.3 Å². The topological polar surface area (TPSA) is 81.4 Å². The zero-order chi connectivity index (χ0) is 17.7. The number of hydrogen-bond donors (Lipinski definition) is 1. The molecule has 1 N–H and O–H groups in total. The van der Waals surface area contributed by atoms with Gasteiger partial charge in [0.15, 0.2) is 11.6 Å². The van der Waals surface area contributed by atoms with Gasteiger partial charge in [0.05, 0.1) is 7.11 Å². The van der Waals surface area contributed by atoms with E-state index in [1.54, 1.807) is 13.8 Å². The maximum Gasteiger partial charge on any atom is 0.318 e. The van der Waals surface area contributed by atoms with Crippen molar-refractivity contribution in [3.8, 4) is 0 Å².